The first-order chi connectivity index (χ1) is 13.8. The van der Waals surface area contributed by atoms with Crippen LogP contribution in [0.1, 0.15) is 60.5 Å². The highest BCUT2D eigenvalue weighted by Gasteiger charge is 2.33. The van der Waals surface area contributed by atoms with Gasteiger partial charge in [-0.2, -0.15) is 19.4 Å². The van der Waals surface area contributed by atoms with Crippen LogP contribution in [0.5, 0.6) is 0 Å². The molecular weight excluding hydrogens is 386 g/mol. The molecule has 0 radical (unpaired) electrons. The Kier molecular flexibility index (Phi) is 5.23. The zero-order valence-electron chi connectivity index (χ0n) is 16.8. The lowest BCUT2D eigenvalue weighted by atomic mass is 9.89. The molecule has 1 N–H and O–H groups in total. The van der Waals surface area contributed by atoms with E-state index in [0.717, 1.165) is 23.4 Å². The van der Waals surface area contributed by atoms with E-state index in [0.29, 0.717) is 17.8 Å². The summed E-state index contributed by atoms with van der Waals surface area (Å²) in [4.78, 5) is 17.7. The predicted octanol–water partition coefficient (Wildman–Crippen LogP) is 3.36. The fourth-order valence-electron chi connectivity index (χ4n) is 3.72. The number of aromatic nitrogens is 4. The number of rotatable bonds is 4. The smallest absolute Gasteiger partial charge is 0.256 e. The Morgan fingerprint density at radius 1 is 1.21 bits per heavy atom. The molecule has 3 heterocycles. The Hall–Kier alpha value is -2.58. The van der Waals surface area contributed by atoms with Gasteiger partial charge in [0.15, 0.2) is 0 Å². The summed E-state index contributed by atoms with van der Waals surface area (Å²) < 4.78 is 4.58. The molecule has 1 aliphatic heterocycles. The monoisotopic (exact) mass is 411 g/mol. The molecule has 0 bridgehead atoms. The number of nitrogens with zero attached hydrogens (tertiary/aromatic N) is 5. The molecule has 3 aromatic rings. The van der Waals surface area contributed by atoms with Gasteiger partial charge in [0.05, 0.1) is 39.8 Å². The molecular formula is C21H25N5O2S. The van der Waals surface area contributed by atoms with Gasteiger partial charge in [0.25, 0.3) is 5.91 Å². The van der Waals surface area contributed by atoms with Gasteiger partial charge < -0.3 is 10.0 Å². The van der Waals surface area contributed by atoms with Crippen molar-refractivity contribution in [1.29, 1.82) is 0 Å². The van der Waals surface area contributed by atoms with Gasteiger partial charge in [-0.1, -0.05) is 12.1 Å². The first-order valence-electron chi connectivity index (χ1n) is 9.80. The van der Waals surface area contributed by atoms with Gasteiger partial charge in [0, 0.05) is 18.5 Å². The Morgan fingerprint density at radius 2 is 1.93 bits per heavy atom. The maximum absolute atomic E-state index is 13.5. The minimum atomic E-state index is -0.900. The molecule has 1 amide bonds. The third-order valence-electron chi connectivity index (χ3n) is 5.46. The van der Waals surface area contributed by atoms with Crippen molar-refractivity contribution in [3.05, 3.63) is 58.9 Å². The van der Waals surface area contributed by atoms with Gasteiger partial charge in [-0.05, 0) is 63.3 Å². The summed E-state index contributed by atoms with van der Waals surface area (Å²) in [6.45, 7) is 6.23. The normalized spacial score (nSPS) is 20.1. The van der Waals surface area contributed by atoms with Crippen LogP contribution in [0, 0.1) is 0 Å². The molecule has 8 heteroatoms. The summed E-state index contributed by atoms with van der Waals surface area (Å²) in [5, 5.41) is 18.6. The van der Waals surface area contributed by atoms with Crippen molar-refractivity contribution in [3.8, 4) is 5.69 Å². The van der Waals surface area contributed by atoms with Crippen molar-refractivity contribution in [3.63, 3.8) is 0 Å². The quantitative estimate of drug-likeness (QED) is 0.712. The SMILES string of the molecule is C[C@@H]1CC[C@@H](c2cc(C(C)(C)O)sn2)CN1C(=O)c1ccccc1-n1nccn1. The molecule has 2 aromatic heterocycles. The lowest BCUT2D eigenvalue weighted by Gasteiger charge is -2.37. The van der Waals surface area contributed by atoms with E-state index in [1.807, 2.05) is 35.2 Å². The van der Waals surface area contributed by atoms with Crippen LogP contribution in [0.2, 0.25) is 0 Å². The Morgan fingerprint density at radius 3 is 2.62 bits per heavy atom. The summed E-state index contributed by atoms with van der Waals surface area (Å²) in [6.07, 6.45) is 5.09. The van der Waals surface area contributed by atoms with Crippen LogP contribution in [0.15, 0.2) is 42.7 Å². The number of amides is 1. The number of benzene rings is 1. The molecule has 0 unspecified atom stereocenters. The third-order valence-corrected chi connectivity index (χ3v) is 6.58. The Balaban J connectivity index is 1.60. The molecule has 7 nitrogen and oxygen atoms in total. The van der Waals surface area contributed by atoms with Gasteiger partial charge in [-0.25, -0.2) is 0 Å². The topological polar surface area (TPSA) is 84.1 Å². The van der Waals surface area contributed by atoms with E-state index >= 15 is 0 Å². The molecule has 4 rings (SSSR count). The lowest BCUT2D eigenvalue weighted by molar-refractivity contribution is 0.0607. The number of carbonyl (C=O) groups excluding carboxylic acids is 1. The Bertz CT molecular complexity index is 993. The summed E-state index contributed by atoms with van der Waals surface area (Å²) in [6, 6.07) is 9.55. The zero-order valence-corrected chi connectivity index (χ0v) is 17.6. The van der Waals surface area contributed by atoms with Gasteiger partial charge in [0.1, 0.15) is 0 Å². The maximum atomic E-state index is 13.5. The van der Waals surface area contributed by atoms with Crippen molar-refractivity contribution in [2.75, 3.05) is 6.54 Å². The molecule has 29 heavy (non-hydrogen) atoms. The van der Waals surface area contributed by atoms with Crippen LogP contribution >= 0.6 is 11.5 Å². The van der Waals surface area contributed by atoms with Crippen LogP contribution < -0.4 is 0 Å². The minimum absolute atomic E-state index is 0.0203. The van der Waals surface area contributed by atoms with Gasteiger partial charge >= 0.3 is 0 Å². The predicted molar refractivity (Wildman–Crippen MR) is 111 cm³/mol. The number of aliphatic hydroxyl groups is 1. The minimum Gasteiger partial charge on any atom is -0.385 e. The van der Waals surface area contributed by atoms with E-state index in [2.05, 4.69) is 21.5 Å². The van der Waals surface area contributed by atoms with Crippen LogP contribution in [-0.4, -0.2) is 47.9 Å². The van der Waals surface area contributed by atoms with E-state index in [1.165, 1.54) is 16.3 Å². The summed E-state index contributed by atoms with van der Waals surface area (Å²) in [5.74, 6) is 0.144. The summed E-state index contributed by atoms with van der Waals surface area (Å²) >= 11 is 1.33. The van der Waals surface area contributed by atoms with Gasteiger partial charge in [-0.15, -0.1) is 0 Å². The van der Waals surface area contributed by atoms with Crippen LogP contribution in [0.4, 0.5) is 0 Å². The summed E-state index contributed by atoms with van der Waals surface area (Å²) in [7, 11) is 0. The van der Waals surface area contributed by atoms with E-state index in [-0.39, 0.29) is 17.9 Å². The average Bonchev–Trinajstić information content (AvgIpc) is 3.40. The number of hydrogen-bond acceptors (Lipinski definition) is 6. The van der Waals surface area contributed by atoms with E-state index in [1.54, 1.807) is 26.2 Å². The van der Waals surface area contributed by atoms with E-state index in [4.69, 9.17) is 0 Å². The fourth-order valence-corrected chi connectivity index (χ4v) is 4.53. The van der Waals surface area contributed by atoms with Crippen LogP contribution in [-0.2, 0) is 5.60 Å². The molecule has 1 fully saturated rings. The average molecular weight is 412 g/mol. The van der Waals surface area contributed by atoms with Crippen LogP contribution in [0.3, 0.4) is 0 Å². The molecule has 0 aliphatic carbocycles. The highest BCUT2D eigenvalue weighted by molar-refractivity contribution is 7.06. The number of hydrogen-bond donors (Lipinski definition) is 1. The number of piperidine rings is 1. The van der Waals surface area contributed by atoms with Gasteiger partial charge in [0.2, 0.25) is 0 Å². The molecule has 0 saturated carbocycles. The molecule has 1 saturated heterocycles. The van der Waals surface area contributed by atoms with Crippen molar-refractivity contribution < 1.29 is 9.90 Å². The van der Waals surface area contributed by atoms with Crippen molar-refractivity contribution in [2.45, 2.75) is 51.2 Å². The first kappa shape index (κ1) is 19.7. The number of para-hydroxylation sites is 1. The second kappa shape index (κ2) is 7.68. The standard InChI is InChI=1S/C21H25N5O2S/c1-14-8-9-15(17-12-19(29-24-17)21(2,3)28)13-25(14)20(27)16-6-4-5-7-18(16)26-22-10-11-23-26/h4-7,10-12,14-15,28H,8-9,13H2,1-3H3/t14-,15-/m1/s1. The van der Waals surface area contributed by atoms with E-state index < -0.39 is 5.60 Å². The fraction of sp³-hybridized carbons (Fsp3) is 0.429. The van der Waals surface area contributed by atoms with Crippen LogP contribution in [0.25, 0.3) is 5.69 Å². The Labute approximate surface area is 174 Å². The highest BCUT2D eigenvalue weighted by atomic mass is 32.1. The molecule has 0 spiro atoms. The molecule has 2 atom stereocenters. The second-order valence-electron chi connectivity index (χ2n) is 8.09. The largest absolute Gasteiger partial charge is 0.385 e. The zero-order chi connectivity index (χ0) is 20.6. The molecule has 1 aromatic carbocycles. The lowest BCUT2D eigenvalue weighted by Crippen LogP contribution is -2.45. The number of likely N-dealkylation sites (tertiary alicyclic amines) is 1. The maximum Gasteiger partial charge on any atom is 0.256 e. The first-order valence-corrected chi connectivity index (χ1v) is 10.6. The molecule has 152 valence electrons. The van der Waals surface area contributed by atoms with E-state index in [9.17, 15) is 9.90 Å². The number of carbonyl (C=O) groups is 1. The third kappa shape index (κ3) is 3.95. The second-order valence-corrected chi connectivity index (χ2v) is 8.90. The van der Waals surface area contributed by atoms with Crippen molar-refractivity contribution in [1.82, 2.24) is 24.3 Å². The highest BCUT2D eigenvalue weighted by Crippen LogP contribution is 2.34. The van der Waals surface area contributed by atoms with Gasteiger partial charge in [-0.3, -0.25) is 4.79 Å². The molecule has 1 aliphatic rings. The van der Waals surface area contributed by atoms with Crippen molar-refractivity contribution in [2.24, 2.45) is 0 Å². The summed E-state index contributed by atoms with van der Waals surface area (Å²) in [5.41, 5.74) is 1.32. The van der Waals surface area contributed by atoms with Crippen molar-refractivity contribution >= 4 is 17.4 Å².